The molecule has 1 aromatic carbocycles. The van der Waals surface area contributed by atoms with Crippen LogP contribution in [0.3, 0.4) is 0 Å². The van der Waals surface area contributed by atoms with Crippen LogP contribution in [0.4, 0.5) is 11.4 Å². The largest absolute Gasteiger partial charge is 0.458 e. The molecule has 3 atom stereocenters. The van der Waals surface area contributed by atoms with Crippen LogP contribution < -0.4 is 17.0 Å². The van der Waals surface area contributed by atoms with Gasteiger partial charge in [0.25, 0.3) is 5.56 Å². The monoisotopic (exact) mass is 612 g/mol. The van der Waals surface area contributed by atoms with Crippen LogP contribution in [0.2, 0.25) is 0 Å². The van der Waals surface area contributed by atoms with E-state index in [1.54, 1.807) is 34.6 Å². The minimum atomic E-state index is -1.28. The molecule has 0 radical (unpaired) electrons. The third-order valence-electron chi connectivity index (χ3n) is 6.15. The molecule has 1 unspecified atom stereocenters. The highest BCUT2D eigenvalue weighted by molar-refractivity contribution is 7.82. The van der Waals surface area contributed by atoms with Crippen LogP contribution in [0.25, 0.3) is 0 Å². The Hall–Kier alpha value is -3.97. The third-order valence-corrected chi connectivity index (χ3v) is 7.87. The summed E-state index contributed by atoms with van der Waals surface area (Å²) >= 11 is 0. The summed E-state index contributed by atoms with van der Waals surface area (Å²) in [6.07, 6.45) is 11.0. The zero-order valence-corrected chi connectivity index (χ0v) is 26.9. The van der Waals surface area contributed by atoms with E-state index in [1.165, 1.54) is 6.20 Å². The summed E-state index contributed by atoms with van der Waals surface area (Å²) in [7, 11) is 0.527. The van der Waals surface area contributed by atoms with Crippen molar-refractivity contribution in [1.82, 2.24) is 9.29 Å². The number of anilines is 1. The lowest BCUT2D eigenvalue weighted by Crippen LogP contribution is -2.39. The van der Waals surface area contributed by atoms with Gasteiger partial charge in [-0.2, -0.15) is 5.26 Å². The molecular formula is C31H44N6O5S. The summed E-state index contributed by atoms with van der Waals surface area (Å²) in [5.41, 5.74) is 11.6. The van der Waals surface area contributed by atoms with E-state index >= 15 is 0 Å². The SMILES string of the molecule is C#C.CC(C)(C)OC(=O)[C@@H]1CC[C@H](CC#N)CO1.CN(S(=O)c1ccc(N=C(N)c2c(N)cc[nH]c2=O)cc1)C(C)(C)C. The van der Waals surface area contributed by atoms with Gasteiger partial charge in [0, 0.05) is 30.9 Å². The second-order valence-corrected chi connectivity index (χ2v) is 13.2. The smallest absolute Gasteiger partial charge is 0.335 e. The van der Waals surface area contributed by atoms with Crippen LogP contribution in [-0.2, 0) is 25.3 Å². The maximum absolute atomic E-state index is 12.6. The van der Waals surface area contributed by atoms with Crippen LogP contribution in [0.1, 0.15) is 66.4 Å². The molecule has 0 saturated carbocycles. The van der Waals surface area contributed by atoms with E-state index in [4.69, 9.17) is 26.2 Å². The lowest BCUT2D eigenvalue weighted by Gasteiger charge is -2.30. The van der Waals surface area contributed by atoms with Gasteiger partial charge in [-0.05, 0) is 90.6 Å². The molecule has 1 saturated heterocycles. The number of pyridine rings is 1. The number of rotatable bonds is 6. The first-order valence-electron chi connectivity index (χ1n) is 13.7. The van der Waals surface area contributed by atoms with E-state index in [1.807, 2.05) is 48.6 Å². The number of amidine groups is 1. The first-order valence-corrected chi connectivity index (χ1v) is 14.8. The van der Waals surface area contributed by atoms with E-state index in [0.717, 1.165) is 6.42 Å². The van der Waals surface area contributed by atoms with Crippen molar-refractivity contribution >= 4 is 34.2 Å². The Kier molecular flexibility index (Phi) is 14.3. The Morgan fingerprint density at radius 2 is 1.79 bits per heavy atom. The number of carbonyl (C=O) groups is 1. The lowest BCUT2D eigenvalue weighted by atomic mass is 9.96. The quantitative estimate of drug-likeness (QED) is 0.189. The molecule has 5 N–H and O–H groups in total. The van der Waals surface area contributed by atoms with Gasteiger partial charge in [-0.1, -0.05) is 0 Å². The number of nitriles is 1. The van der Waals surface area contributed by atoms with E-state index in [2.05, 4.69) is 28.9 Å². The summed E-state index contributed by atoms with van der Waals surface area (Å²) in [5.74, 6) is 0.00614. The highest BCUT2D eigenvalue weighted by Crippen LogP contribution is 2.24. The van der Waals surface area contributed by atoms with Crippen LogP contribution in [-0.4, -0.2) is 56.2 Å². The number of benzene rings is 1. The first-order chi connectivity index (χ1) is 20.0. The predicted octanol–water partition coefficient (Wildman–Crippen LogP) is 4.03. The number of esters is 1. The third kappa shape index (κ3) is 12.0. The normalized spacial score (nSPS) is 17.7. The molecule has 0 spiro atoms. The van der Waals surface area contributed by atoms with Gasteiger partial charge in [0.2, 0.25) is 0 Å². The number of aliphatic imine (C=N–C) groups is 1. The molecule has 0 bridgehead atoms. The fourth-order valence-corrected chi connectivity index (χ4v) is 4.83. The summed E-state index contributed by atoms with van der Waals surface area (Å²) in [4.78, 5) is 30.9. The molecular weight excluding hydrogens is 568 g/mol. The van der Waals surface area contributed by atoms with Crippen molar-refractivity contribution < 1.29 is 18.5 Å². The van der Waals surface area contributed by atoms with E-state index < -0.39 is 28.2 Å². The number of terminal acetylenes is 1. The van der Waals surface area contributed by atoms with Gasteiger partial charge in [-0.3, -0.25) is 4.79 Å². The molecule has 43 heavy (non-hydrogen) atoms. The van der Waals surface area contributed by atoms with E-state index in [-0.39, 0.29) is 34.5 Å². The Morgan fingerprint density at radius 1 is 1.19 bits per heavy atom. The van der Waals surface area contributed by atoms with Crippen molar-refractivity contribution in [3.05, 3.63) is 52.4 Å². The fraction of sp³-hybridized carbons (Fsp3) is 0.484. The molecule has 1 aliphatic heterocycles. The molecule has 1 fully saturated rings. The van der Waals surface area contributed by atoms with Gasteiger partial charge in [0.05, 0.1) is 23.3 Å². The highest BCUT2D eigenvalue weighted by atomic mass is 32.2. The van der Waals surface area contributed by atoms with Gasteiger partial charge in [0.15, 0.2) is 6.10 Å². The standard InChI is InChI=1S/C17H23N5O2S.C12H19NO3.C2H2/c1-17(2,3)22(4)25(24)12-7-5-11(6-8-12)21-15(19)14-13(18)9-10-20-16(14)23;1-12(2,3)16-11(14)10-5-4-9(6-7-13)8-15-10;1-2/h5-10H,1-4H3,(H2,19,21)(H3,18,20,23);9-10H,4-6,8H2,1-3H3;1-2H/t;9-,10+;/m.1./s1. The van der Waals surface area contributed by atoms with Crippen molar-refractivity contribution in [2.75, 3.05) is 19.4 Å². The maximum atomic E-state index is 12.6. The summed E-state index contributed by atoms with van der Waals surface area (Å²) in [6.45, 7) is 12.0. The molecule has 0 aliphatic carbocycles. The number of hydrogen-bond acceptors (Lipinski definition) is 8. The Labute approximate surface area is 257 Å². The average molecular weight is 613 g/mol. The Morgan fingerprint density at radius 3 is 2.26 bits per heavy atom. The summed E-state index contributed by atoms with van der Waals surface area (Å²) in [5, 5.41) is 8.55. The minimum absolute atomic E-state index is 0.0278. The van der Waals surface area contributed by atoms with E-state index in [0.29, 0.717) is 30.0 Å². The van der Waals surface area contributed by atoms with Gasteiger partial charge in [-0.15, -0.1) is 12.8 Å². The molecule has 0 amide bonds. The first kappa shape index (κ1) is 37.1. The molecule has 3 rings (SSSR count). The van der Waals surface area contributed by atoms with Gasteiger partial charge >= 0.3 is 5.97 Å². The van der Waals surface area contributed by atoms with Crippen molar-refractivity contribution in [2.24, 2.45) is 16.6 Å². The van der Waals surface area contributed by atoms with Crippen LogP contribution in [0.15, 0.2) is 51.2 Å². The summed E-state index contributed by atoms with van der Waals surface area (Å²) < 4.78 is 25.0. The molecule has 11 nitrogen and oxygen atoms in total. The second kappa shape index (κ2) is 16.6. The maximum Gasteiger partial charge on any atom is 0.335 e. The van der Waals surface area contributed by atoms with E-state index in [9.17, 15) is 13.8 Å². The number of hydrogen-bond donors (Lipinski definition) is 3. The predicted molar refractivity (Wildman–Crippen MR) is 171 cm³/mol. The number of carbonyl (C=O) groups excluding carboxylic acids is 1. The lowest BCUT2D eigenvalue weighted by molar-refractivity contribution is -0.173. The number of nitrogens with zero attached hydrogens (tertiary/aromatic N) is 3. The number of aromatic nitrogens is 1. The van der Waals surface area contributed by atoms with Gasteiger partial charge in [-0.25, -0.2) is 18.3 Å². The van der Waals surface area contributed by atoms with Gasteiger partial charge in [0.1, 0.15) is 28.0 Å². The highest BCUT2D eigenvalue weighted by Gasteiger charge is 2.30. The minimum Gasteiger partial charge on any atom is -0.458 e. The van der Waals surface area contributed by atoms with Crippen molar-refractivity contribution in [3.63, 3.8) is 0 Å². The molecule has 2 aromatic rings. The molecule has 234 valence electrons. The number of H-pyrrole nitrogens is 1. The number of aromatic amines is 1. The number of nitrogen functional groups attached to an aromatic ring is 1. The zero-order chi connectivity index (χ0) is 33.0. The van der Waals surface area contributed by atoms with Crippen molar-refractivity contribution in [1.29, 1.82) is 5.26 Å². The Bertz CT molecular complexity index is 1370. The van der Waals surface area contributed by atoms with Crippen molar-refractivity contribution in [2.45, 2.75) is 82.9 Å². The molecule has 12 heteroatoms. The fourth-order valence-electron chi connectivity index (χ4n) is 3.65. The Balaban J connectivity index is 0.000000443. The average Bonchev–Trinajstić information content (AvgIpc) is 2.93. The topological polar surface area (TPSA) is 177 Å². The molecule has 2 heterocycles. The van der Waals surface area contributed by atoms with Gasteiger partial charge < -0.3 is 25.9 Å². The second-order valence-electron chi connectivity index (χ2n) is 11.7. The number of nitrogens with one attached hydrogen (secondary N) is 1. The van der Waals surface area contributed by atoms with Crippen LogP contribution in [0, 0.1) is 30.1 Å². The molecule has 1 aliphatic rings. The zero-order valence-electron chi connectivity index (χ0n) is 26.0. The molecule has 1 aromatic heterocycles. The van der Waals surface area contributed by atoms with Crippen LogP contribution >= 0.6 is 0 Å². The number of ether oxygens (including phenoxy) is 2. The number of nitrogens with two attached hydrogens (primary N) is 2. The van der Waals surface area contributed by atoms with Crippen LogP contribution in [0.5, 0.6) is 0 Å². The van der Waals surface area contributed by atoms with Crippen molar-refractivity contribution in [3.8, 4) is 18.9 Å². The summed E-state index contributed by atoms with van der Waals surface area (Å²) in [6, 6.07) is 10.5.